The Kier molecular flexibility index (Phi) is 7.95. The lowest BCUT2D eigenvalue weighted by Crippen LogP contribution is -2.15. The molecule has 0 fully saturated rings. The van der Waals surface area contributed by atoms with Crippen LogP contribution in [-0.4, -0.2) is 35.5 Å². The highest BCUT2D eigenvalue weighted by molar-refractivity contribution is 5.85. The minimum absolute atomic E-state index is 0.252. The van der Waals surface area contributed by atoms with Crippen molar-refractivity contribution in [1.29, 1.82) is 0 Å². The molecule has 0 rings (SSSR count). The molecule has 1 unspecified atom stereocenters. The number of aliphatic carboxylic acids is 1. The van der Waals surface area contributed by atoms with E-state index in [2.05, 4.69) is 6.92 Å². The zero-order chi connectivity index (χ0) is 11.7. The molecular formula is C11H20O4. The summed E-state index contributed by atoms with van der Waals surface area (Å²) < 4.78 is 5.20. The van der Waals surface area contributed by atoms with E-state index in [9.17, 15) is 9.90 Å². The van der Waals surface area contributed by atoms with Gasteiger partial charge in [-0.1, -0.05) is 19.4 Å². The van der Waals surface area contributed by atoms with Crippen molar-refractivity contribution in [3.8, 4) is 0 Å². The average molecular weight is 216 g/mol. The monoisotopic (exact) mass is 216 g/mol. The quantitative estimate of drug-likeness (QED) is 0.477. The van der Waals surface area contributed by atoms with Gasteiger partial charge in [0.05, 0.1) is 12.7 Å². The third-order valence-electron chi connectivity index (χ3n) is 1.99. The van der Waals surface area contributed by atoms with Crippen molar-refractivity contribution in [1.82, 2.24) is 0 Å². The molecule has 0 saturated heterocycles. The fourth-order valence-electron chi connectivity index (χ4n) is 0.934. The topological polar surface area (TPSA) is 66.8 Å². The standard InChI is InChI=1S/C11H20O4/c1-3-4-7-15-8-10(12)6-5-9(2)11(13)14/h5,10,12H,3-4,6-8H2,1-2H3,(H,13,14)/b9-5+. The summed E-state index contributed by atoms with van der Waals surface area (Å²) in [6.07, 6.45) is 3.27. The van der Waals surface area contributed by atoms with Crippen LogP contribution >= 0.6 is 0 Å². The first-order valence-corrected chi connectivity index (χ1v) is 5.23. The Labute approximate surface area is 90.6 Å². The molecule has 0 radical (unpaired) electrons. The van der Waals surface area contributed by atoms with Crippen molar-refractivity contribution in [2.45, 2.75) is 39.2 Å². The number of carboxylic acids is 1. The Morgan fingerprint density at radius 2 is 2.20 bits per heavy atom. The molecule has 4 nitrogen and oxygen atoms in total. The molecule has 0 aliphatic carbocycles. The van der Waals surface area contributed by atoms with Crippen LogP contribution in [-0.2, 0) is 9.53 Å². The van der Waals surface area contributed by atoms with Gasteiger partial charge in [0.15, 0.2) is 0 Å². The highest BCUT2D eigenvalue weighted by Gasteiger charge is 2.04. The Morgan fingerprint density at radius 3 is 2.73 bits per heavy atom. The molecular weight excluding hydrogens is 196 g/mol. The number of unbranched alkanes of at least 4 members (excludes halogenated alkanes) is 1. The Bertz CT molecular complexity index is 211. The highest BCUT2D eigenvalue weighted by atomic mass is 16.5. The molecule has 0 aliphatic heterocycles. The van der Waals surface area contributed by atoms with E-state index in [1.165, 1.54) is 13.0 Å². The van der Waals surface area contributed by atoms with Crippen molar-refractivity contribution in [2.24, 2.45) is 0 Å². The number of carbonyl (C=O) groups is 1. The van der Waals surface area contributed by atoms with Crippen LogP contribution in [0.25, 0.3) is 0 Å². The summed E-state index contributed by atoms with van der Waals surface area (Å²) in [6.45, 7) is 4.49. The summed E-state index contributed by atoms with van der Waals surface area (Å²) in [7, 11) is 0. The molecule has 1 atom stereocenters. The predicted molar refractivity (Wildman–Crippen MR) is 57.7 cm³/mol. The number of hydrogen-bond acceptors (Lipinski definition) is 3. The summed E-state index contributed by atoms with van der Waals surface area (Å²) >= 11 is 0. The molecule has 88 valence electrons. The van der Waals surface area contributed by atoms with E-state index in [1.54, 1.807) is 0 Å². The molecule has 0 aromatic rings. The van der Waals surface area contributed by atoms with Gasteiger partial charge in [0.1, 0.15) is 0 Å². The third-order valence-corrected chi connectivity index (χ3v) is 1.99. The maximum Gasteiger partial charge on any atom is 0.330 e. The normalized spacial score (nSPS) is 13.9. The van der Waals surface area contributed by atoms with Crippen molar-refractivity contribution >= 4 is 5.97 Å². The summed E-state index contributed by atoms with van der Waals surface area (Å²) in [6, 6.07) is 0. The Balaban J connectivity index is 3.61. The number of aliphatic hydroxyl groups excluding tert-OH is 1. The van der Waals surface area contributed by atoms with Gasteiger partial charge in [0.25, 0.3) is 0 Å². The van der Waals surface area contributed by atoms with Crippen LogP contribution < -0.4 is 0 Å². The van der Waals surface area contributed by atoms with Gasteiger partial charge in [-0.05, 0) is 19.8 Å². The molecule has 15 heavy (non-hydrogen) atoms. The summed E-state index contributed by atoms with van der Waals surface area (Å²) in [4.78, 5) is 10.4. The van der Waals surface area contributed by atoms with Crippen LogP contribution in [0.4, 0.5) is 0 Å². The van der Waals surface area contributed by atoms with E-state index in [-0.39, 0.29) is 12.2 Å². The maximum atomic E-state index is 10.4. The van der Waals surface area contributed by atoms with Crippen LogP contribution in [0.1, 0.15) is 33.1 Å². The van der Waals surface area contributed by atoms with Gasteiger partial charge in [-0.3, -0.25) is 0 Å². The second kappa shape index (κ2) is 8.44. The van der Waals surface area contributed by atoms with Gasteiger partial charge in [-0.15, -0.1) is 0 Å². The molecule has 0 aliphatic rings. The smallest absolute Gasteiger partial charge is 0.330 e. The van der Waals surface area contributed by atoms with Gasteiger partial charge in [0.2, 0.25) is 0 Å². The number of carboxylic acid groups (broad SMARTS) is 1. The van der Waals surface area contributed by atoms with E-state index in [1.807, 2.05) is 0 Å². The van der Waals surface area contributed by atoms with Crippen LogP contribution in [0, 0.1) is 0 Å². The third kappa shape index (κ3) is 8.15. The zero-order valence-corrected chi connectivity index (χ0v) is 9.40. The second-order valence-corrected chi connectivity index (χ2v) is 3.51. The lowest BCUT2D eigenvalue weighted by molar-refractivity contribution is -0.132. The molecule has 2 N–H and O–H groups in total. The molecule has 0 saturated carbocycles. The van der Waals surface area contributed by atoms with Crippen molar-refractivity contribution in [3.05, 3.63) is 11.6 Å². The van der Waals surface area contributed by atoms with Crippen molar-refractivity contribution in [2.75, 3.05) is 13.2 Å². The van der Waals surface area contributed by atoms with E-state index >= 15 is 0 Å². The fraction of sp³-hybridized carbons (Fsp3) is 0.727. The maximum absolute atomic E-state index is 10.4. The summed E-state index contributed by atoms with van der Waals surface area (Å²) in [5.74, 6) is -0.950. The minimum Gasteiger partial charge on any atom is -0.478 e. The summed E-state index contributed by atoms with van der Waals surface area (Å²) in [5, 5.41) is 18.0. The van der Waals surface area contributed by atoms with Gasteiger partial charge in [0, 0.05) is 12.2 Å². The lowest BCUT2D eigenvalue weighted by atomic mass is 10.2. The SMILES string of the molecule is CCCCOCC(O)C/C=C(\C)C(=O)O. The van der Waals surface area contributed by atoms with Gasteiger partial charge in [-0.2, -0.15) is 0 Å². The number of ether oxygens (including phenoxy) is 1. The molecule has 4 heteroatoms. The van der Waals surface area contributed by atoms with Crippen LogP contribution in [0.2, 0.25) is 0 Å². The van der Waals surface area contributed by atoms with Crippen LogP contribution in [0.3, 0.4) is 0 Å². The predicted octanol–water partition coefficient (Wildman–Crippen LogP) is 1.58. The first-order valence-electron chi connectivity index (χ1n) is 5.23. The highest BCUT2D eigenvalue weighted by Crippen LogP contribution is 2.00. The second-order valence-electron chi connectivity index (χ2n) is 3.51. The molecule has 0 heterocycles. The first kappa shape index (κ1) is 14.1. The Morgan fingerprint density at radius 1 is 1.53 bits per heavy atom. The van der Waals surface area contributed by atoms with Crippen molar-refractivity contribution < 1.29 is 19.7 Å². The lowest BCUT2D eigenvalue weighted by Gasteiger charge is -2.08. The average Bonchev–Trinajstić information content (AvgIpc) is 2.20. The molecule has 0 aromatic carbocycles. The largest absolute Gasteiger partial charge is 0.478 e. The van der Waals surface area contributed by atoms with E-state index in [0.29, 0.717) is 13.0 Å². The minimum atomic E-state index is -0.950. The first-order chi connectivity index (χ1) is 7.07. The molecule has 0 spiro atoms. The number of rotatable bonds is 8. The van der Waals surface area contributed by atoms with Gasteiger partial charge < -0.3 is 14.9 Å². The van der Waals surface area contributed by atoms with Crippen molar-refractivity contribution in [3.63, 3.8) is 0 Å². The molecule has 0 amide bonds. The van der Waals surface area contributed by atoms with Crippen LogP contribution in [0.5, 0.6) is 0 Å². The summed E-state index contributed by atoms with van der Waals surface area (Å²) in [5.41, 5.74) is 0.252. The van der Waals surface area contributed by atoms with Gasteiger partial charge in [-0.25, -0.2) is 4.79 Å². The zero-order valence-electron chi connectivity index (χ0n) is 9.40. The fourth-order valence-corrected chi connectivity index (χ4v) is 0.934. The van der Waals surface area contributed by atoms with E-state index in [4.69, 9.17) is 9.84 Å². The van der Waals surface area contributed by atoms with Crippen LogP contribution in [0.15, 0.2) is 11.6 Å². The van der Waals surface area contributed by atoms with E-state index < -0.39 is 12.1 Å². The van der Waals surface area contributed by atoms with Gasteiger partial charge >= 0.3 is 5.97 Å². The number of aliphatic hydroxyl groups is 1. The van der Waals surface area contributed by atoms with E-state index in [0.717, 1.165) is 12.8 Å². The molecule has 0 aromatic heterocycles. The Hall–Kier alpha value is -0.870. The molecule has 0 bridgehead atoms. The number of hydrogen-bond donors (Lipinski definition) is 2.